The molecule has 0 bridgehead atoms. The summed E-state index contributed by atoms with van der Waals surface area (Å²) in [5.74, 6) is 0. The van der Waals surface area contributed by atoms with Gasteiger partial charge in [-0.25, -0.2) is 0 Å². The van der Waals surface area contributed by atoms with Crippen LogP contribution in [0.25, 0.3) is 0 Å². The molecule has 2 atom stereocenters. The molecule has 0 radical (unpaired) electrons. The van der Waals surface area contributed by atoms with E-state index < -0.39 is 0 Å². The van der Waals surface area contributed by atoms with E-state index in [9.17, 15) is 0 Å². The molecule has 2 nitrogen and oxygen atoms in total. The first-order valence-electron chi connectivity index (χ1n) is 5.64. The molecular formula is C11H26N2. The summed E-state index contributed by atoms with van der Waals surface area (Å²) in [5.41, 5.74) is 11.3. The van der Waals surface area contributed by atoms with Gasteiger partial charge in [0.1, 0.15) is 0 Å². The van der Waals surface area contributed by atoms with E-state index in [1.807, 2.05) is 0 Å². The Morgan fingerprint density at radius 2 is 1.00 bits per heavy atom. The van der Waals surface area contributed by atoms with Gasteiger partial charge in [-0.05, 0) is 26.7 Å². The fourth-order valence-electron chi connectivity index (χ4n) is 1.46. The standard InChI is InChI=1S/C11H26N2/c1-10(12)8-6-4-3-5-7-9-11(2)13/h10-11H,3-9,12-13H2,1-2H3. The van der Waals surface area contributed by atoms with Crippen LogP contribution in [0.2, 0.25) is 0 Å². The molecule has 0 heterocycles. The molecule has 0 aliphatic rings. The minimum Gasteiger partial charge on any atom is -0.328 e. The van der Waals surface area contributed by atoms with Crippen molar-refractivity contribution >= 4 is 0 Å². The number of hydrogen-bond donors (Lipinski definition) is 2. The predicted molar refractivity (Wildman–Crippen MR) is 59.6 cm³/mol. The van der Waals surface area contributed by atoms with Crippen LogP contribution >= 0.6 is 0 Å². The lowest BCUT2D eigenvalue weighted by atomic mass is 10.1. The second kappa shape index (κ2) is 8.52. The molecule has 2 unspecified atom stereocenters. The van der Waals surface area contributed by atoms with Crippen molar-refractivity contribution in [1.82, 2.24) is 0 Å². The summed E-state index contributed by atoms with van der Waals surface area (Å²) in [5, 5.41) is 0. The molecule has 13 heavy (non-hydrogen) atoms. The van der Waals surface area contributed by atoms with Crippen molar-refractivity contribution < 1.29 is 0 Å². The third kappa shape index (κ3) is 11.9. The molecule has 0 amide bonds. The van der Waals surface area contributed by atoms with E-state index in [2.05, 4.69) is 13.8 Å². The molecule has 0 saturated heterocycles. The first-order valence-corrected chi connectivity index (χ1v) is 5.64. The summed E-state index contributed by atoms with van der Waals surface area (Å²) in [7, 11) is 0. The van der Waals surface area contributed by atoms with Crippen LogP contribution in [-0.4, -0.2) is 12.1 Å². The molecule has 0 aromatic heterocycles. The lowest BCUT2D eigenvalue weighted by Crippen LogP contribution is -2.14. The topological polar surface area (TPSA) is 52.0 Å². The SMILES string of the molecule is CC(N)CCCCCCCC(C)N. The number of rotatable bonds is 8. The van der Waals surface area contributed by atoms with Gasteiger partial charge in [0.2, 0.25) is 0 Å². The summed E-state index contributed by atoms with van der Waals surface area (Å²) < 4.78 is 0. The van der Waals surface area contributed by atoms with Gasteiger partial charge in [0, 0.05) is 12.1 Å². The molecular weight excluding hydrogens is 160 g/mol. The van der Waals surface area contributed by atoms with Gasteiger partial charge in [0.15, 0.2) is 0 Å². The van der Waals surface area contributed by atoms with Crippen LogP contribution in [0.1, 0.15) is 58.8 Å². The maximum Gasteiger partial charge on any atom is 0.00104 e. The molecule has 0 fully saturated rings. The average molecular weight is 186 g/mol. The zero-order valence-electron chi connectivity index (χ0n) is 9.26. The lowest BCUT2D eigenvalue weighted by molar-refractivity contribution is 0.532. The fourth-order valence-corrected chi connectivity index (χ4v) is 1.46. The van der Waals surface area contributed by atoms with Crippen molar-refractivity contribution in [1.29, 1.82) is 0 Å². The first-order chi connectivity index (χ1) is 6.13. The van der Waals surface area contributed by atoms with Gasteiger partial charge < -0.3 is 11.5 Å². The van der Waals surface area contributed by atoms with Crippen molar-refractivity contribution in [3.05, 3.63) is 0 Å². The zero-order valence-corrected chi connectivity index (χ0v) is 9.26. The predicted octanol–water partition coefficient (Wildman–Crippen LogP) is 2.41. The maximum atomic E-state index is 5.66. The van der Waals surface area contributed by atoms with Crippen molar-refractivity contribution in [2.45, 2.75) is 70.9 Å². The van der Waals surface area contributed by atoms with Gasteiger partial charge in [-0.2, -0.15) is 0 Å². The van der Waals surface area contributed by atoms with Crippen LogP contribution in [0.3, 0.4) is 0 Å². The molecule has 0 rings (SSSR count). The van der Waals surface area contributed by atoms with Crippen LogP contribution in [0.5, 0.6) is 0 Å². The lowest BCUT2D eigenvalue weighted by Gasteiger charge is -2.05. The van der Waals surface area contributed by atoms with Crippen molar-refractivity contribution in [3.63, 3.8) is 0 Å². The quantitative estimate of drug-likeness (QED) is 0.572. The molecule has 0 aromatic rings. The second-order valence-corrected chi connectivity index (χ2v) is 4.30. The van der Waals surface area contributed by atoms with Crippen molar-refractivity contribution in [2.75, 3.05) is 0 Å². The van der Waals surface area contributed by atoms with E-state index in [0.29, 0.717) is 12.1 Å². The van der Waals surface area contributed by atoms with E-state index >= 15 is 0 Å². The van der Waals surface area contributed by atoms with Gasteiger partial charge in [-0.3, -0.25) is 0 Å². The summed E-state index contributed by atoms with van der Waals surface area (Å²) in [4.78, 5) is 0. The highest BCUT2D eigenvalue weighted by Gasteiger charge is 1.96. The minimum absolute atomic E-state index is 0.379. The monoisotopic (exact) mass is 186 g/mol. The Kier molecular flexibility index (Phi) is 8.46. The van der Waals surface area contributed by atoms with Gasteiger partial charge in [-0.1, -0.05) is 32.1 Å². The molecule has 80 valence electrons. The largest absolute Gasteiger partial charge is 0.328 e. The molecule has 0 spiro atoms. The first kappa shape index (κ1) is 12.9. The van der Waals surface area contributed by atoms with E-state index in [1.54, 1.807) is 0 Å². The van der Waals surface area contributed by atoms with Crippen LogP contribution in [-0.2, 0) is 0 Å². The van der Waals surface area contributed by atoms with E-state index in [0.717, 1.165) is 0 Å². The highest BCUT2D eigenvalue weighted by molar-refractivity contribution is 4.55. The Labute approximate surface area is 83.1 Å². The smallest absolute Gasteiger partial charge is 0.00104 e. The number of hydrogen-bond acceptors (Lipinski definition) is 2. The van der Waals surface area contributed by atoms with E-state index in [-0.39, 0.29) is 0 Å². The normalized spacial score (nSPS) is 15.7. The Balaban J connectivity index is 2.92. The van der Waals surface area contributed by atoms with Crippen LogP contribution in [0, 0.1) is 0 Å². The molecule has 4 N–H and O–H groups in total. The molecule has 0 aliphatic heterocycles. The minimum atomic E-state index is 0.379. The van der Waals surface area contributed by atoms with Gasteiger partial charge in [0.25, 0.3) is 0 Å². The molecule has 0 aliphatic carbocycles. The average Bonchev–Trinajstić information content (AvgIpc) is 2.01. The van der Waals surface area contributed by atoms with Crippen LogP contribution < -0.4 is 11.5 Å². The van der Waals surface area contributed by atoms with Gasteiger partial charge >= 0.3 is 0 Å². The summed E-state index contributed by atoms with van der Waals surface area (Å²) in [6.45, 7) is 4.16. The van der Waals surface area contributed by atoms with Crippen LogP contribution in [0.4, 0.5) is 0 Å². The van der Waals surface area contributed by atoms with Gasteiger partial charge in [-0.15, -0.1) is 0 Å². The van der Waals surface area contributed by atoms with Crippen molar-refractivity contribution in [3.8, 4) is 0 Å². The van der Waals surface area contributed by atoms with Gasteiger partial charge in [0.05, 0.1) is 0 Å². The van der Waals surface area contributed by atoms with Crippen LogP contribution in [0.15, 0.2) is 0 Å². The Hall–Kier alpha value is -0.0800. The fraction of sp³-hybridized carbons (Fsp3) is 1.00. The van der Waals surface area contributed by atoms with E-state index in [4.69, 9.17) is 11.5 Å². The second-order valence-electron chi connectivity index (χ2n) is 4.30. The third-order valence-electron chi connectivity index (χ3n) is 2.32. The zero-order chi connectivity index (χ0) is 10.1. The number of unbranched alkanes of at least 4 members (excludes halogenated alkanes) is 4. The Morgan fingerprint density at radius 3 is 1.31 bits per heavy atom. The Morgan fingerprint density at radius 1 is 0.692 bits per heavy atom. The maximum absolute atomic E-state index is 5.66. The summed E-state index contributed by atoms with van der Waals surface area (Å²) in [6.07, 6.45) is 8.94. The molecule has 2 heteroatoms. The summed E-state index contributed by atoms with van der Waals surface area (Å²) >= 11 is 0. The summed E-state index contributed by atoms with van der Waals surface area (Å²) in [6, 6.07) is 0.758. The third-order valence-corrected chi connectivity index (χ3v) is 2.32. The Bertz CT molecular complexity index is 88.3. The highest BCUT2D eigenvalue weighted by Crippen LogP contribution is 2.08. The van der Waals surface area contributed by atoms with E-state index in [1.165, 1.54) is 44.9 Å². The van der Waals surface area contributed by atoms with Crippen molar-refractivity contribution in [2.24, 2.45) is 11.5 Å². The molecule has 0 saturated carbocycles. The molecule has 0 aromatic carbocycles. The number of nitrogens with two attached hydrogens (primary N) is 2. The highest BCUT2D eigenvalue weighted by atomic mass is 14.6.